The molecule has 0 radical (unpaired) electrons. The molecule has 2 bridgehead atoms. The number of carbonyl (C=O) groups is 2. The molecule has 0 spiro atoms. The third kappa shape index (κ3) is 2.87. The fourth-order valence-electron chi connectivity index (χ4n) is 3.38. The Balaban J connectivity index is 2.57. The van der Waals surface area contributed by atoms with Gasteiger partial charge in [-0.05, 0) is 26.7 Å². The topological polar surface area (TPSA) is 107 Å². The minimum absolute atomic E-state index is 0.0604. The third-order valence-electron chi connectivity index (χ3n) is 5.17. The van der Waals surface area contributed by atoms with Crippen molar-refractivity contribution >= 4 is 22.1 Å². The largest absolute Gasteiger partial charge is 0.455 e. The molecule has 2 aliphatic rings. The van der Waals surface area contributed by atoms with Gasteiger partial charge in [-0.25, -0.2) is 4.79 Å². The van der Waals surface area contributed by atoms with Gasteiger partial charge in [0.25, 0.3) is 0 Å². The summed E-state index contributed by atoms with van der Waals surface area (Å²) >= 11 is 0. The summed E-state index contributed by atoms with van der Waals surface area (Å²) in [6.07, 6.45) is -14.1. The Kier molecular flexibility index (Phi) is 4.60. The minimum atomic E-state index is -7.10. The molecule has 2 fully saturated rings. The molecule has 156 valence electrons. The van der Waals surface area contributed by atoms with E-state index in [1.165, 1.54) is 0 Å². The van der Waals surface area contributed by atoms with E-state index >= 15 is 0 Å². The monoisotopic (exact) mass is 428 g/mol. The van der Waals surface area contributed by atoms with Crippen molar-refractivity contribution in [2.45, 2.75) is 61.4 Å². The second kappa shape index (κ2) is 5.72. The molecule has 1 heterocycles. The van der Waals surface area contributed by atoms with Crippen LogP contribution in [0.3, 0.4) is 0 Å². The smallest absolute Gasteiger partial charge is 0.430 e. The lowest BCUT2D eigenvalue weighted by Gasteiger charge is -2.45. The molecule has 1 aliphatic heterocycles. The Morgan fingerprint density at radius 2 is 1.67 bits per heavy atom. The highest BCUT2D eigenvalue weighted by Crippen LogP contribution is 2.54. The van der Waals surface area contributed by atoms with Crippen molar-refractivity contribution in [3.63, 3.8) is 0 Å². The van der Waals surface area contributed by atoms with E-state index in [-0.39, 0.29) is 19.3 Å². The van der Waals surface area contributed by atoms with E-state index < -0.39 is 56.3 Å². The van der Waals surface area contributed by atoms with E-state index in [2.05, 4.69) is 4.74 Å². The average molecular weight is 428 g/mol. The highest BCUT2D eigenvalue weighted by Gasteiger charge is 2.85. The van der Waals surface area contributed by atoms with Gasteiger partial charge in [-0.15, -0.1) is 0 Å². The van der Waals surface area contributed by atoms with Crippen molar-refractivity contribution in [3.05, 3.63) is 0 Å². The van der Waals surface area contributed by atoms with Crippen molar-refractivity contribution in [2.24, 2.45) is 5.92 Å². The lowest BCUT2D eigenvalue weighted by Crippen LogP contribution is -2.69. The van der Waals surface area contributed by atoms with Gasteiger partial charge < -0.3 is 9.47 Å². The lowest BCUT2D eigenvalue weighted by molar-refractivity contribution is -0.277. The lowest BCUT2D eigenvalue weighted by atomic mass is 9.71. The first-order valence-electron chi connectivity index (χ1n) is 7.39. The summed E-state index contributed by atoms with van der Waals surface area (Å²) in [6.45, 7) is 2.08. The van der Waals surface area contributed by atoms with E-state index in [1.54, 1.807) is 0 Å². The van der Waals surface area contributed by atoms with Crippen molar-refractivity contribution in [1.29, 1.82) is 0 Å². The van der Waals surface area contributed by atoms with Crippen LogP contribution in [-0.2, 0) is 29.2 Å². The number of esters is 2. The number of fused-ring (bicyclic) bond motifs is 2. The van der Waals surface area contributed by atoms with Crippen LogP contribution in [-0.4, -0.2) is 53.2 Å². The van der Waals surface area contributed by atoms with E-state index in [0.29, 0.717) is 0 Å². The fraction of sp³-hybridized carbons (Fsp3) is 0.846. The van der Waals surface area contributed by atoms with Gasteiger partial charge in [0.1, 0.15) is 11.2 Å². The van der Waals surface area contributed by atoms with Gasteiger partial charge in [-0.2, -0.15) is 34.8 Å². The maximum absolute atomic E-state index is 13.2. The zero-order valence-electron chi connectivity index (χ0n) is 13.8. The molecule has 1 saturated carbocycles. The standard InChI is InChI=1S/C13H14F6O7S/c1-9(4-3-6-5-10(9,2)25-7(6)20)26-8(21)11(12(14,15)16,13(17,18)19)27(22,23)24/h6H,3-5H2,1-2H3,(H,22,23,24). The number of alkyl halides is 6. The summed E-state index contributed by atoms with van der Waals surface area (Å²) in [5.41, 5.74) is -3.94. The van der Waals surface area contributed by atoms with Crippen molar-refractivity contribution in [3.8, 4) is 0 Å². The maximum atomic E-state index is 13.2. The van der Waals surface area contributed by atoms with E-state index in [0.717, 1.165) is 13.8 Å². The molecule has 1 N–H and O–H groups in total. The van der Waals surface area contributed by atoms with Gasteiger partial charge in [0.2, 0.25) is 0 Å². The van der Waals surface area contributed by atoms with Gasteiger partial charge in [0.15, 0.2) is 0 Å². The zero-order chi connectivity index (χ0) is 21.3. The summed E-state index contributed by atoms with van der Waals surface area (Å²) in [7, 11) is -7.10. The fourth-order valence-corrected chi connectivity index (χ4v) is 4.22. The van der Waals surface area contributed by atoms with E-state index in [1.807, 2.05) is 0 Å². The Morgan fingerprint density at radius 3 is 2.07 bits per heavy atom. The van der Waals surface area contributed by atoms with Crippen LogP contribution >= 0.6 is 0 Å². The minimum Gasteiger partial charge on any atom is -0.455 e. The summed E-state index contributed by atoms with van der Waals surface area (Å²) in [5.74, 6) is -4.70. The number of rotatable bonds is 3. The van der Waals surface area contributed by atoms with Crippen LogP contribution < -0.4 is 0 Å². The Labute approximate surface area is 148 Å². The first-order chi connectivity index (χ1) is 11.8. The number of ether oxygens (including phenoxy) is 2. The molecule has 0 aromatic rings. The summed E-state index contributed by atoms with van der Waals surface area (Å²) in [6, 6.07) is 0. The van der Waals surface area contributed by atoms with Crippen LogP contribution in [0.15, 0.2) is 0 Å². The quantitative estimate of drug-likeness (QED) is 0.417. The highest BCUT2D eigenvalue weighted by molar-refractivity contribution is 7.88. The molecule has 2 rings (SSSR count). The molecule has 3 unspecified atom stereocenters. The second-order valence-electron chi connectivity index (χ2n) is 6.86. The molecule has 0 aromatic heterocycles. The SMILES string of the molecule is CC12CC(CCC1(C)OC(=O)C(C(F)(F)F)(C(F)(F)F)S(=O)(=O)O)C(=O)O2. The van der Waals surface area contributed by atoms with Crippen LogP contribution in [0, 0.1) is 5.92 Å². The second-order valence-corrected chi connectivity index (χ2v) is 8.43. The summed E-state index contributed by atoms with van der Waals surface area (Å²) in [4.78, 5) is 23.7. The van der Waals surface area contributed by atoms with Gasteiger partial charge in [0, 0.05) is 6.42 Å². The molecule has 3 atom stereocenters. The van der Waals surface area contributed by atoms with Gasteiger partial charge in [0.05, 0.1) is 5.92 Å². The Hall–Kier alpha value is -1.57. The van der Waals surface area contributed by atoms with Crippen LogP contribution in [0.25, 0.3) is 0 Å². The molecule has 7 nitrogen and oxygen atoms in total. The van der Waals surface area contributed by atoms with Crippen LogP contribution in [0.4, 0.5) is 26.3 Å². The van der Waals surface area contributed by atoms with Gasteiger partial charge in [-0.1, -0.05) is 0 Å². The van der Waals surface area contributed by atoms with Crippen LogP contribution in [0.5, 0.6) is 0 Å². The molecule has 0 amide bonds. The highest BCUT2D eigenvalue weighted by atomic mass is 32.2. The van der Waals surface area contributed by atoms with Crippen LogP contribution in [0.1, 0.15) is 33.1 Å². The number of carbonyl (C=O) groups excluding carboxylic acids is 2. The van der Waals surface area contributed by atoms with Crippen molar-refractivity contribution in [2.75, 3.05) is 0 Å². The number of halogens is 6. The number of hydrogen-bond donors (Lipinski definition) is 1. The van der Waals surface area contributed by atoms with Gasteiger partial charge >= 0.3 is 39.2 Å². The zero-order valence-corrected chi connectivity index (χ0v) is 14.6. The summed E-state index contributed by atoms with van der Waals surface area (Å²) < 4.78 is 113. The molecule has 14 heteroatoms. The van der Waals surface area contributed by atoms with E-state index in [9.17, 15) is 44.3 Å². The average Bonchev–Trinajstić information content (AvgIpc) is 2.63. The van der Waals surface area contributed by atoms with Crippen molar-refractivity contribution in [1.82, 2.24) is 0 Å². The first-order valence-corrected chi connectivity index (χ1v) is 8.83. The van der Waals surface area contributed by atoms with E-state index in [4.69, 9.17) is 9.29 Å². The third-order valence-corrected chi connectivity index (χ3v) is 6.58. The van der Waals surface area contributed by atoms with Crippen LogP contribution in [0.2, 0.25) is 0 Å². The predicted molar refractivity (Wildman–Crippen MR) is 72.7 cm³/mol. The molecule has 1 aliphatic carbocycles. The van der Waals surface area contributed by atoms with Gasteiger partial charge in [-0.3, -0.25) is 9.35 Å². The normalized spacial score (nSPS) is 32.2. The number of hydrogen-bond acceptors (Lipinski definition) is 6. The first kappa shape index (κ1) is 21.7. The molecular weight excluding hydrogens is 414 g/mol. The summed E-state index contributed by atoms with van der Waals surface area (Å²) in [5, 5.41) is 0. The molecule has 27 heavy (non-hydrogen) atoms. The van der Waals surface area contributed by atoms with Crippen molar-refractivity contribution < 1.29 is 58.4 Å². The molecular formula is C13H14F6O7S. The Bertz CT molecular complexity index is 759. The maximum Gasteiger partial charge on any atom is 0.430 e. The molecule has 1 saturated heterocycles. The predicted octanol–water partition coefficient (Wildman–Crippen LogP) is 2.16. The molecule has 0 aromatic carbocycles. The Morgan fingerprint density at radius 1 is 1.19 bits per heavy atom.